The summed E-state index contributed by atoms with van der Waals surface area (Å²) in [7, 11) is 0. The van der Waals surface area contributed by atoms with Crippen LogP contribution in [0.1, 0.15) is 33.1 Å². The van der Waals surface area contributed by atoms with E-state index < -0.39 is 11.8 Å². The highest BCUT2D eigenvalue weighted by atomic mass is 19.3. The van der Waals surface area contributed by atoms with Crippen LogP contribution < -0.4 is 0 Å². The summed E-state index contributed by atoms with van der Waals surface area (Å²) in [5.74, 6) is -4.07. The summed E-state index contributed by atoms with van der Waals surface area (Å²) < 4.78 is 26.0. The van der Waals surface area contributed by atoms with Gasteiger partial charge in [-0.05, 0) is 26.7 Å². The molecule has 2 saturated heterocycles. The van der Waals surface area contributed by atoms with Crippen LogP contribution in [-0.2, 0) is 4.79 Å². The number of rotatable bonds is 2. The molecule has 1 saturated carbocycles. The summed E-state index contributed by atoms with van der Waals surface area (Å²) in [6.45, 7) is 6.77. The Morgan fingerprint density at radius 1 is 1.28 bits per heavy atom. The fourth-order valence-corrected chi connectivity index (χ4v) is 3.31. The molecule has 102 valence electrons. The first kappa shape index (κ1) is 12.3. The van der Waals surface area contributed by atoms with Crippen molar-refractivity contribution in [2.45, 2.75) is 50.6 Å². The highest BCUT2D eigenvalue weighted by Crippen LogP contribution is 2.52. The Balaban J connectivity index is 1.67. The van der Waals surface area contributed by atoms with Gasteiger partial charge in [-0.1, -0.05) is 0 Å². The molecule has 0 aromatic rings. The van der Waals surface area contributed by atoms with Crippen LogP contribution in [0, 0.1) is 5.92 Å². The number of nitrogens with zero attached hydrogens (tertiary/aromatic N) is 2. The molecule has 3 rings (SSSR count). The van der Waals surface area contributed by atoms with Gasteiger partial charge in [0.05, 0.1) is 5.54 Å². The van der Waals surface area contributed by atoms with Crippen molar-refractivity contribution in [2.24, 2.45) is 5.92 Å². The molecular formula is C13H20F2N2O. The SMILES string of the molecule is CC(C)N1CCC2(CCN2C(=O)[C@@H]2CC2(F)F)C1. The third-order valence-corrected chi connectivity index (χ3v) is 4.86. The Bertz CT molecular complexity index is 385. The minimum atomic E-state index is -2.73. The second kappa shape index (κ2) is 3.65. The number of alkyl halides is 2. The maximum Gasteiger partial charge on any atom is 0.260 e. The molecule has 3 nitrogen and oxygen atoms in total. The van der Waals surface area contributed by atoms with Gasteiger partial charge in [-0.15, -0.1) is 0 Å². The summed E-state index contributed by atoms with van der Waals surface area (Å²) in [6, 6.07) is 0.462. The van der Waals surface area contributed by atoms with E-state index in [4.69, 9.17) is 0 Å². The van der Waals surface area contributed by atoms with Crippen molar-refractivity contribution < 1.29 is 13.6 Å². The minimum absolute atomic E-state index is 0.125. The zero-order valence-corrected chi connectivity index (χ0v) is 11.0. The molecule has 18 heavy (non-hydrogen) atoms. The predicted molar refractivity (Wildman–Crippen MR) is 63.4 cm³/mol. The Labute approximate surface area is 106 Å². The lowest BCUT2D eigenvalue weighted by atomic mass is 9.83. The number of halogens is 2. The van der Waals surface area contributed by atoms with Gasteiger partial charge in [-0.3, -0.25) is 9.69 Å². The van der Waals surface area contributed by atoms with Crippen molar-refractivity contribution in [1.29, 1.82) is 0 Å². The molecule has 1 aliphatic carbocycles. The summed E-state index contributed by atoms with van der Waals surface area (Å²) in [5, 5.41) is 0. The Morgan fingerprint density at radius 3 is 2.28 bits per heavy atom. The van der Waals surface area contributed by atoms with E-state index in [9.17, 15) is 13.6 Å². The van der Waals surface area contributed by atoms with Gasteiger partial charge in [0, 0.05) is 32.1 Å². The molecule has 0 aromatic carbocycles. The largest absolute Gasteiger partial charge is 0.335 e. The standard InChI is InChI=1S/C13H20F2N2O/c1-9(2)16-5-3-12(8-16)4-6-17(12)11(18)10-7-13(10,14)15/h9-10H,3-8H2,1-2H3/t10-,12?/m0/s1. The average molecular weight is 258 g/mol. The molecule has 0 radical (unpaired) electrons. The van der Waals surface area contributed by atoms with E-state index in [0.29, 0.717) is 12.6 Å². The second-order valence-electron chi connectivity index (χ2n) is 6.30. The van der Waals surface area contributed by atoms with Crippen LogP contribution in [0.5, 0.6) is 0 Å². The van der Waals surface area contributed by atoms with Crippen LogP contribution in [0.15, 0.2) is 0 Å². The van der Waals surface area contributed by atoms with Crippen LogP contribution >= 0.6 is 0 Å². The highest BCUT2D eigenvalue weighted by molar-refractivity contribution is 5.84. The molecule has 1 unspecified atom stereocenters. The third kappa shape index (κ3) is 1.67. The van der Waals surface area contributed by atoms with Gasteiger partial charge < -0.3 is 4.90 Å². The average Bonchev–Trinajstić information content (AvgIpc) is 2.75. The quantitative estimate of drug-likeness (QED) is 0.753. The van der Waals surface area contributed by atoms with Gasteiger partial charge in [0.15, 0.2) is 0 Å². The highest BCUT2D eigenvalue weighted by Gasteiger charge is 2.65. The first-order chi connectivity index (χ1) is 8.36. The van der Waals surface area contributed by atoms with E-state index in [2.05, 4.69) is 18.7 Å². The molecule has 1 amide bonds. The molecule has 0 N–H and O–H groups in total. The van der Waals surface area contributed by atoms with E-state index in [1.807, 2.05) is 0 Å². The predicted octanol–water partition coefficient (Wildman–Crippen LogP) is 1.73. The van der Waals surface area contributed by atoms with Gasteiger partial charge >= 0.3 is 0 Å². The van der Waals surface area contributed by atoms with Crippen LogP contribution in [0.2, 0.25) is 0 Å². The number of hydrogen-bond acceptors (Lipinski definition) is 2. The van der Waals surface area contributed by atoms with E-state index in [0.717, 1.165) is 25.9 Å². The van der Waals surface area contributed by atoms with Crippen molar-refractivity contribution in [3.8, 4) is 0 Å². The Kier molecular flexibility index (Phi) is 2.50. The van der Waals surface area contributed by atoms with Crippen molar-refractivity contribution in [1.82, 2.24) is 9.80 Å². The first-order valence-electron chi connectivity index (χ1n) is 6.79. The lowest BCUT2D eigenvalue weighted by Crippen LogP contribution is -2.64. The van der Waals surface area contributed by atoms with Crippen molar-refractivity contribution in [2.75, 3.05) is 19.6 Å². The second-order valence-corrected chi connectivity index (χ2v) is 6.30. The van der Waals surface area contributed by atoms with Gasteiger partial charge in [0.25, 0.3) is 5.92 Å². The van der Waals surface area contributed by atoms with Crippen molar-refractivity contribution in [3.05, 3.63) is 0 Å². The smallest absolute Gasteiger partial charge is 0.260 e. The fourth-order valence-electron chi connectivity index (χ4n) is 3.31. The molecule has 3 fully saturated rings. The lowest BCUT2D eigenvalue weighted by Gasteiger charge is -2.51. The monoisotopic (exact) mass is 258 g/mol. The van der Waals surface area contributed by atoms with Crippen LogP contribution in [-0.4, -0.2) is 52.8 Å². The summed E-state index contributed by atoms with van der Waals surface area (Å²) >= 11 is 0. The van der Waals surface area contributed by atoms with Crippen molar-refractivity contribution >= 4 is 5.91 Å². The van der Waals surface area contributed by atoms with Crippen LogP contribution in [0.4, 0.5) is 8.78 Å². The number of carbonyl (C=O) groups excluding carboxylic acids is 1. The molecular weight excluding hydrogens is 238 g/mol. The normalized spacial score (nSPS) is 38.3. The van der Waals surface area contributed by atoms with Gasteiger partial charge in [0.1, 0.15) is 5.92 Å². The third-order valence-electron chi connectivity index (χ3n) is 4.86. The summed E-state index contributed by atoms with van der Waals surface area (Å²) in [5.41, 5.74) is -0.125. The zero-order valence-electron chi connectivity index (χ0n) is 11.0. The molecule has 0 aromatic heterocycles. The molecule has 5 heteroatoms. The van der Waals surface area contributed by atoms with Gasteiger partial charge in [-0.2, -0.15) is 0 Å². The van der Waals surface area contributed by atoms with E-state index >= 15 is 0 Å². The topological polar surface area (TPSA) is 23.6 Å². The molecule has 1 spiro atoms. The first-order valence-corrected chi connectivity index (χ1v) is 6.79. The molecule has 0 bridgehead atoms. The minimum Gasteiger partial charge on any atom is -0.335 e. The van der Waals surface area contributed by atoms with Crippen LogP contribution in [0.3, 0.4) is 0 Å². The number of carbonyl (C=O) groups is 1. The molecule has 2 aliphatic heterocycles. The summed E-state index contributed by atoms with van der Waals surface area (Å²) in [4.78, 5) is 16.1. The van der Waals surface area contributed by atoms with Crippen molar-refractivity contribution in [3.63, 3.8) is 0 Å². The Hall–Kier alpha value is -0.710. The number of hydrogen-bond donors (Lipinski definition) is 0. The van der Waals surface area contributed by atoms with E-state index in [1.165, 1.54) is 0 Å². The maximum atomic E-state index is 13.0. The van der Waals surface area contributed by atoms with E-state index in [-0.39, 0.29) is 17.9 Å². The molecule has 2 heterocycles. The fraction of sp³-hybridized carbons (Fsp3) is 0.923. The Morgan fingerprint density at radius 2 is 1.89 bits per heavy atom. The molecule has 2 atom stereocenters. The van der Waals surface area contributed by atoms with Gasteiger partial charge in [-0.25, -0.2) is 8.78 Å². The zero-order chi connectivity index (χ0) is 13.1. The van der Waals surface area contributed by atoms with Gasteiger partial charge in [0.2, 0.25) is 5.91 Å². The number of likely N-dealkylation sites (tertiary alicyclic amines) is 2. The summed E-state index contributed by atoms with van der Waals surface area (Å²) in [6.07, 6.45) is 1.67. The number of amides is 1. The van der Waals surface area contributed by atoms with E-state index in [1.54, 1.807) is 4.90 Å². The lowest BCUT2D eigenvalue weighted by molar-refractivity contribution is -0.150. The maximum absolute atomic E-state index is 13.0. The van der Waals surface area contributed by atoms with Crippen LogP contribution in [0.25, 0.3) is 0 Å². The molecule has 3 aliphatic rings.